The van der Waals surface area contributed by atoms with Crippen LogP contribution < -0.4 is 11.1 Å². The summed E-state index contributed by atoms with van der Waals surface area (Å²) in [7, 11) is 0. The first-order chi connectivity index (χ1) is 8.11. The van der Waals surface area contributed by atoms with E-state index in [4.69, 9.17) is 0 Å². The second kappa shape index (κ2) is 4.87. The summed E-state index contributed by atoms with van der Waals surface area (Å²) < 4.78 is 0. The number of benzene rings is 1. The largest absolute Gasteiger partial charge is 0.316 e. The molecule has 0 aliphatic rings. The van der Waals surface area contributed by atoms with Crippen molar-refractivity contribution in [2.75, 3.05) is 0 Å². The normalized spacial score (nSPS) is 12.8. The lowest BCUT2D eigenvalue weighted by Crippen LogP contribution is -2.28. The van der Waals surface area contributed by atoms with Gasteiger partial charge in [-0.1, -0.05) is 35.3 Å². The topological polar surface area (TPSA) is 65.7 Å². The van der Waals surface area contributed by atoms with Crippen molar-refractivity contribution in [1.82, 2.24) is 9.97 Å². The van der Waals surface area contributed by atoms with Crippen LogP contribution in [-0.4, -0.2) is 9.97 Å². The van der Waals surface area contributed by atoms with Crippen molar-refractivity contribution in [3.05, 3.63) is 44.5 Å². The minimum atomic E-state index is -0.616. The van der Waals surface area contributed by atoms with Gasteiger partial charge >= 0.3 is 11.1 Å². The predicted octanol–water partition coefficient (Wildman–Crippen LogP) is 2.45. The highest BCUT2D eigenvalue weighted by atomic mass is 79.9. The van der Waals surface area contributed by atoms with Crippen molar-refractivity contribution in [2.24, 2.45) is 0 Å². The molecule has 1 atom stereocenters. The molecule has 1 heterocycles. The minimum Gasteiger partial charge on any atom is -0.316 e. The average Bonchev–Trinajstić information content (AvgIpc) is 2.30. The molecule has 0 aliphatic carbocycles. The Morgan fingerprint density at radius 2 is 1.82 bits per heavy atom. The molecule has 0 saturated carbocycles. The van der Waals surface area contributed by atoms with Gasteiger partial charge in [-0.15, -0.1) is 0 Å². The Morgan fingerprint density at radius 3 is 2.47 bits per heavy atom. The molecule has 2 N–H and O–H groups in total. The number of H-pyrrole nitrogens is 2. The van der Waals surface area contributed by atoms with Crippen molar-refractivity contribution >= 4 is 27.0 Å². The van der Waals surface area contributed by atoms with Crippen molar-refractivity contribution < 1.29 is 0 Å². The summed E-state index contributed by atoms with van der Waals surface area (Å²) in [4.78, 5) is 27.8. The van der Waals surface area contributed by atoms with Crippen LogP contribution in [0.15, 0.2) is 27.8 Å². The maximum absolute atomic E-state index is 11.2. The molecule has 2 aromatic rings. The number of hydrogen-bond donors (Lipinski definition) is 2. The van der Waals surface area contributed by atoms with E-state index in [1.165, 1.54) is 0 Å². The molecule has 5 heteroatoms. The summed E-state index contributed by atoms with van der Waals surface area (Å²) in [6.45, 7) is 2.12. The SMILES string of the molecule is CCCC(Br)c1ccc2[nH]c(=O)c(=O)[nH]c2c1. The van der Waals surface area contributed by atoms with Crippen LogP contribution in [0.4, 0.5) is 0 Å². The third kappa shape index (κ3) is 2.49. The van der Waals surface area contributed by atoms with Crippen molar-refractivity contribution in [3.63, 3.8) is 0 Å². The Balaban J connectivity index is 2.54. The lowest BCUT2D eigenvalue weighted by atomic mass is 10.1. The molecule has 4 nitrogen and oxygen atoms in total. The van der Waals surface area contributed by atoms with Gasteiger partial charge in [-0.2, -0.15) is 0 Å². The molecule has 0 fully saturated rings. The van der Waals surface area contributed by atoms with Crippen LogP contribution in [0.2, 0.25) is 0 Å². The monoisotopic (exact) mass is 296 g/mol. The zero-order valence-corrected chi connectivity index (χ0v) is 11.0. The van der Waals surface area contributed by atoms with Crippen LogP contribution in [0.3, 0.4) is 0 Å². The first kappa shape index (κ1) is 12.1. The Labute approximate surface area is 106 Å². The molecule has 1 aromatic carbocycles. The van der Waals surface area contributed by atoms with Gasteiger partial charge in [0.15, 0.2) is 0 Å². The Morgan fingerprint density at radius 1 is 1.18 bits per heavy atom. The maximum atomic E-state index is 11.2. The number of alkyl halides is 1. The van der Waals surface area contributed by atoms with E-state index in [1.54, 1.807) is 0 Å². The number of nitrogens with one attached hydrogen (secondary N) is 2. The van der Waals surface area contributed by atoms with Gasteiger partial charge in [-0.05, 0) is 24.1 Å². The van der Waals surface area contributed by atoms with E-state index in [1.807, 2.05) is 18.2 Å². The van der Waals surface area contributed by atoms with Crippen LogP contribution in [0.25, 0.3) is 11.0 Å². The van der Waals surface area contributed by atoms with Crippen LogP contribution >= 0.6 is 15.9 Å². The fourth-order valence-corrected chi connectivity index (χ4v) is 2.49. The summed E-state index contributed by atoms with van der Waals surface area (Å²) in [6, 6.07) is 5.65. The van der Waals surface area contributed by atoms with E-state index in [2.05, 4.69) is 32.8 Å². The molecule has 2 rings (SSSR count). The molecule has 0 radical (unpaired) electrons. The van der Waals surface area contributed by atoms with E-state index in [0.29, 0.717) is 11.0 Å². The average molecular weight is 297 g/mol. The molecule has 1 aromatic heterocycles. The molecule has 1 unspecified atom stereocenters. The fourth-order valence-electron chi connectivity index (χ4n) is 1.75. The fraction of sp³-hybridized carbons (Fsp3) is 0.333. The van der Waals surface area contributed by atoms with Gasteiger partial charge in [0.25, 0.3) is 0 Å². The summed E-state index contributed by atoms with van der Waals surface area (Å²) in [5.74, 6) is 0. The summed E-state index contributed by atoms with van der Waals surface area (Å²) >= 11 is 3.60. The van der Waals surface area contributed by atoms with Crippen LogP contribution in [-0.2, 0) is 0 Å². The number of rotatable bonds is 3. The van der Waals surface area contributed by atoms with Crippen LogP contribution in [0, 0.1) is 0 Å². The lowest BCUT2D eigenvalue weighted by Gasteiger charge is -2.09. The zero-order valence-electron chi connectivity index (χ0n) is 9.42. The number of aromatic amines is 2. The molecule has 0 aliphatic heterocycles. The van der Waals surface area contributed by atoms with Crippen molar-refractivity contribution in [2.45, 2.75) is 24.6 Å². The minimum absolute atomic E-state index is 0.271. The van der Waals surface area contributed by atoms with Gasteiger partial charge in [-0.25, -0.2) is 0 Å². The molecule has 0 spiro atoms. The van der Waals surface area contributed by atoms with Crippen molar-refractivity contribution in [1.29, 1.82) is 0 Å². The second-order valence-electron chi connectivity index (χ2n) is 3.97. The highest BCUT2D eigenvalue weighted by Crippen LogP contribution is 2.28. The lowest BCUT2D eigenvalue weighted by molar-refractivity contribution is 0.789. The van der Waals surface area contributed by atoms with E-state index in [0.717, 1.165) is 18.4 Å². The van der Waals surface area contributed by atoms with E-state index in [-0.39, 0.29) is 4.83 Å². The van der Waals surface area contributed by atoms with Crippen LogP contribution in [0.5, 0.6) is 0 Å². The number of fused-ring (bicyclic) bond motifs is 1. The van der Waals surface area contributed by atoms with Gasteiger partial charge in [0, 0.05) is 4.83 Å². The highest BCUT2D eigenvalue weighted by Gasteiger charge is 2.07. The molecular weight excluding hydrogens is 284 g/mol. The van der Waals surface area contributed by atoms with E-state index < -0.39 is 11.1 Å². The van der Waals surface area contributed by atoms with E-state index >= 15 is 0 Å². The quantitative estimate of drug-likeness (QED) is 0.675. The van der Waals surface area contributed by atoms with Gasteiger partial charge in [-0.3, -0.25) is 9.59 Å². The van der Waals surface area contributed by atoms with Crippen LogP contribution in [0.1, 0.15) is 30.2 Å². The third-order valence-corrected chi connectivity index (χ3v) is 3.64. The Bertz CT molecular complexity index is 645. The summed E-state index contributed by atoms with van der Waals surface area (Å²) in [6.07, 6.45) is 2.11. The molecule has 0 saturated heterocycles. The molecular formula is C12H13BrN2O2. The van der Waals surface area contributed by atoms with Crippen molar-refractivity contribution in [3.8, 4) is 0 Å². The van der Waals surface area contributed by atoms with Gasteiger partial charge in [0.1, 0.15) is 0 Å². The van der Waals surface area contributed by atoms with Gasteiger partial charge in [0.05, 0.1) is 11.0 Å². The standard InChI is InChI=1S/C12H13BrN2O2/c1-2-3-8(13)7-4-5-9-10(6-7)15-12(17)11(16)14-9/h4-6,8H,2-3H2,1H3,(H,14,16)(H,15,17). The number of hydrogen-bond acceptors (Lipinski definition) is 2. The molecule has 0 amide bonds. The zero-order chi connectivity index (χ0) is 12.4. The first-order valence-corrected chi connectivity index (χ1v) is 6.43. The second-order valence-corrected chi connectivity index (χ2v) is 5.07. The third-order valence-electron chi connectivity index (χ3n) is 2.65. The summed E-state index contributed by atoms with van der Waals surface area (Å²) in [5.41, 5.74) is 1.18. The molecule has 0 bridgehead atoms. The first-order valence-electron chi connectivity index (χ1n) is 5.52. The molecule has 17 heavy (non-hydrogen) atoms. The molecule has 90 valence electrons. The van der Waals surface area contributed by atoms with Gasteiger partial charge < -0.3 is 9.97 Å². The number of halogens is 1. The van der Waals surface area contributed by atoms with Gasteiger partial charge in [0.2, 0.25) is 0 Å². The summed E-state index contributed by atoms with van der Waals surface area (Å²) in [5, 5.41) is 0. The Kier molecular flexibility index (Phi) is 3.47. The predicted molar refractivity (Wildman–Crippen MR) is 71.8 cm³/mol. The number of aromatic nitrogens is 2. The van der Waals surface area contributed by atoms with E-state index in [9.17, 15) is 9.59 Å². The smallest absolute Gasteiger partial charge is 0.314 e. The highest BCUT2D eigenvalue weighted by molar-refractivity contribution is 9.09. The maximum Gasteiger partial charge on any atom is 0.314 e. The Hall–Kier alpha value is -1.36.